The first kappa shape index (κ1) is 16.7. The van der Waals surface area contributed by atoms with Crippen molar-refractivity contribution in [3.05, 3.63) is 29.3 Å². The third kappa shape index (κ3) is 4.68. The van der Waals surface area contributed by atoms with Crippen molar-refractivity contribution in [2.24, 2.45) is 5.92 Å². The molecule has 1 aromatic rings. The molecule has 5 nitrogen and oxygen atoms in total. The van der Waals surface area contributed by atoms with E-state index in [9.17, 15) is 9.59 Å². The van der Waals surface area contributed by atoms with E-state index in [0.29, 0.717) is 23.6 Å². The van der Waals surface area contributed by atoms with Gasteiger partial charge in [0.25, 0.3) is 0 Å². The number of carbonyl (C=O) groups is 2. The molecule has 1 heterocycles. The Morgan fingerprint density at radius 2 is 2.18 bits per heavy atom. The van der Waals surface area contributed by atoms with Crippen molar-refractivity contribution < 1.29 is 14.3 Å². The lowest BCUT2D eigenvalue weighted by Gasteiger charge is -2.11. The lowest BCUT2D eigenvalue weighted by Crippen LogP contribution is -2.34. The Bertz CT molecular complexity index is 594. The zero-order valence-corrected chi connectivity index (χ0v) is 13.7. The number of rotatable bonds is 4. The molecule has 1 aromatic carbocycles. The van der Waals surface area contributed by atoms with E-state index in [0.717, 1.165) is 0 Å². The number of anilines is 1. The molecule has 7 heteroatoms. The van der Waals surface area contributed by atoms with Gasteiger partial charge in [-0.3, -0.25) is 9.59 Å². The van der Waals surface area contributed by atoms with Gasteiger partial charge in [-0.15, -0.1) is 0 Å². The number of thiocarbonyl (C=S) groups is 1. The fourth-order valence-corrected chi connectivity index (χ4v) is 2.69. The number of hydrogen-bond donors (Lipinski definition) is 2. The molecule has 0 aromatic heterocycles. The van der Waals surface area contributed by atoms with Crippen LogP contribution in [0.3, 0.4) is 0 Å². The summed E-state index contributed by atoms with van der Waals surface area (Å²) in [5.41, 5.74) is 0.627. The molecule has 2 atom stereocenters. The predicted octanol–water partition coefficient (Wildman–Crippen LogP) is 2.88. The molecule has 1 saturated heterocycles. The van der Waals surface area contributed by atoms with Gasteiger partial charge in [0.05, 0.1) is 22.7 Å². The SMILES string of the molecule is C[C@@H]1C[C@@H](CCC(=O)NC(=S)Nc2ccccc2Cl)C(=O)O1. The van der Waals surface area contributed by atoms with Gasteiger partial charge in [0, 0.05) is 6.42 Å². The third-order valence-corrected chi connectivity index (χ3v) is 3.90. The molecule has 1 fully saturated rings. The van der Waals surface area contributed by atoms with Crippen LogP contribution >= 0.6 is 23.8 Å². The summed E-state index contributed by atoms with van der Waals surface area (Å²) >= 11 is 11.1. The quantitative estimate of drug-likeness (QED) is 0.651. The number of nitrogens with one attached hydrogen (secondary N) is 2. The maximum Gasteiger partial charge on any atom is 0.309 e. The summed E-state index contributed by atoms with van der Waals surface area (Å²) in [7, 11) is 0. The van der Waals surface area contributed by atoms with Gasteiger partial charge >= 0.3 is 5.97 Å². The monoisotopic (exact) mass is 340 g/mol. The van der Waals surface area contributed by atoms with E-state index >= 15 is 0 Å². The summed E-state index contributed by atoms with van der Waals surface area (Å²) in [5, 5.41) is 6.13. The molecule has 2 N–H and O–H groups in total. The number of hydrogen-bond acceptors (Lipinski definition) is 4. The van der Waals surface area contributed by atoms with Crippen LogP contribution in [0, 0.1) is 5.92 Å². The molecule has 1 aliphatic rings. The maximum atomic E-state index is 11.8. The van der Waals surface area contributed by atoms with E-state index < -0.39 is 0 Å². The lowest BCUT2D eigenvalue weighted by atomic mass is 9.99. The first-order valence-corrected chi connectivity index (χ1v) is 7.80. The zero-order chi connectivity index (χ0) is 16.1. The maximum absolute atomic E-state index is 11.8. The second-order valence-electron chi connectivity index (χ2n) is 5.20. The van der Waals surface area contributed by atoms with Crippen LogP contribution in [0.4, 0.5) is 5.69 Å². The largest absolute Gasteiger partial charge is 0.462 e. The fourth-order valence-electron chi connectivity index (χ4n) is 2.29. The molecule has 0 radical (unpaired) electrons. The third-order valence-electron chi connectivity index (χ3n) is 3.36. The van der Waals surface area contributed by atoms with Crippen molar-refractivity contribution in [2.45, 2.75) is 32.3 Å². The van der Waals surface area contributed by atoms with E-state index in [4.69, 9.17) is 28.6 Å². The van der Waals surface area contributed by atoms with Crippen LogP contribution in [0.2, 0.25) is 5.02 Å². The van der Waals surface area contributed by atoms with E-state index in [1.54, 1.807) is 18.2 Å². The molecule has 1 amide bonds. The van der Waals surface area contributed by atoms with Crippen molar-refractivity contribution >= 4 is 46.5 Å². The lowest BCUT2D eigenvalue weighted by molar-refractivity contribution is -0.143. The van der Waals surface area contributed by atoms with Crippen molar-refractivity contribution in [3.8, 4) is 0 Å². The van der Waals surface area contributed by atoms with Gasteiger partial charge in [0.15, 0.2) is 5.11 Å². The second-order valence-corrected chi connectivity index (χ2v) is 6.02. The number of cyclic esters (lactones) is 1. The Kier molecular flexibility index (Phi) is 5.74. The van der Waals surface area contributed by atoms with E-state index in [1.165, 1.54) is 0 Å². The van der Waals surface area contributed by atoms with Gasteiger partial charge in [-0.05, 0) is 44.1 Å². The molecular weight excluding hydrogens is 324 g/mol. The van der Waals surface area contributed by atoms with Crippen LogP contribution in [0.15, 0.2) is 24.3 Å². The van der Waals surface area contributed by atoms with Crippen molar-refractivity contribution in [2.75, 3.05) is 5.32 Å². The van der Waals surface area contributed by atoms with Crippen molar-refractivity contribution in [3.63, 3.8) is 0 Å². The molecule has 0 unspecified atom stereocenters. The molecule has 1 aliphatic heterocycles. The molecule has 22 heavy (non-hydrogen) atoms. The van der Waals surface area contributed by atoms with Gasteiger partial charge in [-0.25, -0.2) is 0 Å². The Labute approximate surface area is 139 Å². The second kappa shape index (κ2) is 7.56. The summed E-state index contributed by atoms with van der Waals surface area (Å²) in [6, 6.07) is 7.10. The first-order chi connectivity index (χ1) is 10.5. The number of esters is 1. The highest BCUT2D eigenvalue weighted by Crippen LogP contribution is 2.24. The zero-order valence-electron chi connectivity index (χ0n) is 12.1. The minimum absolute atomic E-state index is 0.0662. The molecule has 0 spiro atoms. The average molecular weight is 341 g/mol. The van der Waals surface area contributed by atoms with Crippen molar-refractivity contribution in [1.82, 2.24) is 5.32 Å². The average Bonchev–Trinajstić information content (AvgIpc) is 2.77. The van der Waals surface area contributed by atoms with Crippen molar-refractivity contribution in [1.29, 1.82) is 0 Å². The van der Waals surface area contributed by atoms with E-state index in [-0.39, 0.29) is 35.4 Å². The van der Waals surface area contributed by atoms with Crippen LogP contribution < -0.4 is 10.6 Å². The van der Waals surface area contributed by atoms with Crippen LogP contribution in [-0.4, -0.2) is 23.1 Å². The Morgan fingerprint density at radius 1 is 1.45 bits per heavy atom. The highest BCUT2D eigenvalue weighted by Gasteiger charge is 2.31. The molecule has 0 aliphatic carbocycles. The topological polar surface area (TPSA) is 67.4 Å². The first-order valence-electron chi connectivity index (χ1n) is 7.01. The molecule has 2 rings (SSSR count). The molecule has 0 bridgehead atoms. The van der Waals surface area contributed by atoms with Gasteiger partial charge < -0.3 is 15.4 Å². The molecule has 0 saturated carbocycles. The minimum Gasteiger partial charge on any atom is -0.462 e. The number of carbonyl (C=O) groups excluding carboxylic acids is 2. The van der Waals surface area contributed by atoms with E-state index in [2.05, 4.69) is 10.6 Å². The highest BCUT2D eigenvalue weighted by molar-refractivity contribution is 7.80. The Hall–Kier alpha value is -1.66. The van der Waals surface area contributed by atoms with Gasteiger partial charge in [0.2, 0.25) is 5.91 Å². The number of halogens is 1. The van der Waals surface area contributed by atoms with Crippen LogP contribution in [-0.2, 0) is 14.3 Å². The summed E-state index contributed by atoms with van der Waals surface area (Å²) in [6.45, 7) is 1.85. The summed E-state index contributed by atoms with van der Waals surface area (Å²) < 4.78 is 5.06. The fraction of sp³-hybridized carbons (Fsp3) is 0.400. The molecular formula is C15H17ClN2O3S. The summed E-state index contributed by atoms with van der Waals surface area (Å²) in [6.07, 6.45) is 1.28. The summed E-state index contributed by atoms with van der Waals surface area (Å²) in [4.78, 5) is 23.3. The summed E-state index contributed by atoms with van der Waals surface area (Å²) in [5.74, 6) is -0.667. The normalized spacial score (nSPS) is 20.4. The van der Waals surface area contributed by atoms with Crippen LogP contribution in [0.25, 0.3) is 0 Å². The Morgan fingerprint density at radius 3 is 2.82 bits per heavy atom. The molecule has 118 valence electrons. The minimum atomic E-state index is -0.239. The number of amides is 1. The predicted molar refractivity (Wildman–Crippen MR) is 88.7 cm³/mol. The Balaban J connectivity index is 1.76. The van der Waals surface area contributed by atoms with E-state index in [1.807, 2.05) is 13.0 Å². The highest BCUT2D eigenvalue weighted by atomic mass is 35.5. The number of ether oxygens (including phenoxy) is 1. The standard InChI is InChI=1S/C15H17ClN2O3S/c1-9-8-10(14(20)21-9)6-7-13(19)18-15(22)17-12-5-3-2-4-11(12)16/h2-5,9-10H,6-8H2,1H3,(H2,17,18,19,22)/t9-,10-/m1/s1. The van der Waals surface area contributed by atoms with Gasteiger partial charge in [-0.1, -0.05) is 23.7 Å². The van der Waals surface area contributed by atoms with Crippen LogP contribution in [0.1, 0.15) is 26.2 Å². The van der Waals surface area contributed by atoms with Gasteiger partial charge in [0.1, 0.15) is 0 Å². The van der Waals surface area contributed by atoms with Gasteiger partial charge in [-0.2, -0.15) is 0 Å². The smallest absolute Gasteiger partial charge is 0.309 e. The number of benzene rings is 1. The number of para-hydroxylation sites is 1. The van der Waals surface area contributed by atoms with Crippen LogP contribution in [0.5, 0.6) is 0 Å².